The molecule has 0 saturated carbocycles. The van der Waals surface area contributed by atoms with Gasteiger partial charge in [0.1, 0.15) is 5.01 Å². The van der Waals surface area contributed by atoms with E-state index in [1.165, 1.54) is 17.0 Å². The molecule has 0 unspecified atom stereocenters. The number of thiazole rings is 1. The molecule has 1 aliphatic heterocycles. The quantitative estimate of drug-likeness (QED) is 0.761. The van der Waals surface area contributed by atoms with Crippen LogP contribution in [0.5, 0.6) is 0 Å². The van der Waals surface area contributed by atoms with E-state index in [1.54, 1.807) is 12.5 Å². The number of anilines is 1. The number of hydrogen-bond acceptors (Lipinski definition) is 6. The Kier molecular flexibility index (Phi) is 5.25. The first-order valence-electron chi connectivity index (χ1n) is 7.66. The topological polar surface area (TPSA) is 51.7 Å². The SMILES string of the molecule is COCc1nc(C(=O)OC[C@@H]2CCN(c3ccccc3)C2)cs1. The van der Waals surface area contributed by atoms with Gasteiger partial charge in [0.05, 0.1) is 13.2 Å². The van der Waals surface area contributed by atoms with E-state index in [1.807, 2.05) is 18.2 Å². The molecule has 1 aromatic carbocycles. The molecule has 6 heteroatoms. The summed E-state index contributed by atoms with van der Waals surface area (Å²) in [6.07, 6.45) is 1.04. The summed E-state index contributed by atoms with van der Waals surface area (Å²) in [6, 6.07) is 10.3. The van der Waals surface area contributed by atoms with Gasteiger partial charge in [-0.3, -0.25) is 0 Å². The number of para-hydroxylation sites is 1. The monoisotopic (exact) mass is 332 g/mol. The van der Waals surface area contributed by atoms with Crippen LogP contribution in [-0.2, 0) is 16.1 Å². The van der Waals surface area contributed by atoms with Crippen LogP contribution >= 0.6 is 11.3 Å². The van der Waals surface area contributed by atoms with Crippen molar-refractivity contribution in [1.29, 1.82) is 0 Å². The van der Waals surface area contributed by atoms with Crippen molar-refractivity contribution in [1.82, 2.24) is 4.98 Å². The van der Waals surface area contributed by atoms with Crippen LogP contribution in [0.1, 0.15) is 21.9 Å². The summed E-state index contributed by atoms with van der Waals surface area (Å²) in [5.41, 5.74) is 1.60. The molecule has 0 aliphatic carbocycles. The average molecular weight is 332 g/mol. The number of benzene rings is 1. The second kappa shape index (κ2) is 7.57. The molecule has 1 fully saturated rings. The number of esters is 1. The molecule has 1 aromatic heterocycles. The second-order valence-electron chi connectivity index (χ2n) is 5.59. The number of ether oxygens (including phenoxy) is 2. The molecule has 1 atom stereocenters. The lowest BCUT2D eigenvalue weighted by Crippen LogP contribution is -2.22. The minimum atomic E-state index is -0.346. The van der Waals surface area contributed by atoms with Crippen molar-refractivity contribution in [2.75, 3.05) is 31.7 Å². The van der Waals surface area contributed by atoms with E-state index in [-0.39, 0.29) is 5.97 Å². The minimum Gasteiger partial charge on any atom is -0.461 e. The molecule has 23 heavy (non-hydrogen) atoms. The van der Waals surface area contributed by atoms with Gasteiger partial charge in [-0.2, -0.15) is 0 Å². The minimum absolute atomic E-state index is 0.346. The van der Waals surface area contributed by atoms with Gasteiger partial charge in [0.2, 0.25) is 0 Å². The summed E-state index contributed by atoms with van der Waals surface area (Å²) >= 11 is 1.41. The zero-order chi connectivity index (χ0) is 16.1. The number of nitrogens with zero attached hydrogens (tertiary/aromatic N) is 2. The van der Waals surface area contributed by atoms with Gasteiger partial charge >= 0.3 is 5.97 Å². The highest BCUT2D eigenvalue weighted by Crippen LogP contribution is 2.24. The number of carbonyl (C=O) groups excluding carboxylic acids is 1. The molecule has 0 amide bonds. The lowest BCUT2D eigenvalue weighted by molar-refractivity contribution is 0.0444. The van der Waals surface area contributed by atoms with E-state index in [9.17, 15) is 4.79 Å². The van der Waals surface area contributed by atoms with Crippen molar-refractivity contribution in [2.24, 2.45) is 5.92 Å². The van der Waals surface area contributed by atoms with Crippen LogP contribution in [0.2, 0.25) is 0 Å². The lowest BCUT2D eigenvalue weighted by atomic mass is 10.1. The van der Waals surface area contributed by atoms with E-state index in [2.05, 4.69) is 22.0 Å². The van der Waals surface area contributed by atoms with E-state index >= 15 is 0 Å². The summed E-state index contributed by atoms with van der Waals surface area (Å²) < 4.78 is 10.4. The maximum absolute atomic E-state index is 12.0. The normalized spacial score (nSPS) is 17.4. The summed E-state index contributed by atoms with van der Waals surface area (Å²) in [7, 11) is 1.61. The van der Waals surface area contributed by atoms with Crippen LogP contribution in [0.15, 0.2) is 35.7 Å². The second-order valence-corrected chi connectivity index (χ2v) is 6.54. The number of hydrogen-bond donors (Lipinski definition) is 0. The molecule has 0 bridgehead atoms. The molecule has 122 valence electrons. The number of methoxy groups -OCH3 is 1. The van der Waals surface area contributed by atoms with Crippen molar-refractivity contribution in [3.63, 3.8) is 0 Å². The smallest absolute Gasteiger partial charge is 0.357 e. The van der Waals surface area contributed by atoms with Crippen LogP contribution in [0.4, 0.5) is 5.69 Å². The molecule has 2 aromatic rings. The molecule has 5 nitrogen and oxygen atoms in total. The molecule has 0 radical (unpaired) electrons. The number of aromatic nitrogens is 1. The standard InChI is InChI=1S/C17H20N2O3S/c1-21-11-16-18-15(12-23-16)17(20)22-10-13-7-8-19(9-13)14-5-3-2-4-6-14/h2-6,12-13H,7-11H2,1H3/t13-/m1/s1. The Labute approximate surface area is 139 Å². The van der Waals surface area contributed by atoms with Gasteiger partial charge in [-0.1, -0.05) is 18.2 Å². The molecule has 3 rings (SSSR count). The highest BCUT2D eigenvalue weighted by Gasteiger charge is 2.24. The fourth-order valence-corrected chi connectivity index (χ4v) is 3.44. The third kappa shape index (κ3) is 4.09. The molecular formula is C17H20N2O3S. The molecule has 2 heterocycles. The van der Waals surface area contributed by atoms with Crippen molar-refractivity contribution < 1.29 is 14.3 Å². The van der Waals surface area contributed by atoms with Gasteiger partial charge < -0.3 is 14.4 Å². The van der Waals surface area contributed by atoms with Crippen LogP contribution in [0.25, 0.3) is 0 Å². The first kappa shape index (κ1) is 16.0. The van der Waals surface area contributed by atoms with Gasteiger partial charge in [0.15, 0.2) is 5.69 Å². The predicted octanol–water partition coefficient (Wildman–Crippen LogP) is 2.97. The third-order valence-electron chi connectivity index (χ3n) is 3.89. The van der Waals surface area contributed by atoms with Gasteiger partial charge in [-0.25, -0.2) is 9.78 Å². The maximum Gasteiger partial charge on any atom is 0.357 e. The third-order valence-corrected chi connectivity index (χ3v) is 4.71. The van der Waals surface area contributed by atoms with E-state index in [4.69, 9.17) is 9.47 Å². The fourth-order valence-electron chi connectivity index (χ4n) is 2.70. The van der Waals surface area contributed by atoms with Gasteiger partial charge in [-0.15, -0.1) is 11.3 Å². The number of rotatable bonds is 6. The Bertz CT molecular complexity index is 644. The zero-order valence-electron chi connectivity index (χ0n) is 13.1. The maximum atomic E-state index is 12.0. The molecule has 1 aliphatic rings. The Morgan fingerprint density at radius 2 is 2.22 bits per heavy atom. The van der Waals surface area contributed by atoms with Crippen LogP contribution in [-0.4, -0.2) is 37.8 Å². The van der Waals surface area contributed by atoms with Gasteiger partial charge in [-0.05, 0) is 18.6 Å². The summed E-state index contributed by atoms with van der Waals surface area (Å²) in [5, 5.41) is 2.51. The summed E-state index contributed by atoms with van der Waals surface area (Å²) in [5.74, 6) is 0.0259. The van der Waals surface area contributed by atoms with Gasteiger partial charge in [0, 0.05) is 37.2 Å². The van der Waals surface area contributed by atoms with Crippen LogP contribution in [0.3, 0.4) is 0 Å². The van der Waals surface area contributed by atoms with Gasteiger partial charge in [0.25, 0.3) is 0 Å². The first-order chi connectivity index (χ1) is 11.3. The van der Waals surface area contributed by atoms with Crippen molar-refractivity contribution in [2.45, 2.75) is 13.0 Å². The van der Waals surface area contributed by atoms with Crippen molar-refractivity contribution in [3.8, 4) is 0 Å². The highest BCUT2D eigenvalue weighted by molar-refractivity contribution is 7.09. The molecule has 0 spiro atoms. The van der Waals surface area contributed by atoms with Crippen molar-refractivity contribution in [3.05, 3.63) is 46.4 Å². The summed E-state index contributed by atoms with van der Waals surface area (Å²) in [4.78, 5) is 18.6. The molecule has 1 saturated heterocycles. The molecule has 0 N–H and O–H groups in total. The average Bonchev–Trinajstić information content (AvgIpc) is 3.23. The summed E-state index contributed by atoms with van der Waals surface area (Å²) in [6.45, 7) is 2.79. The fraction of sp³-hybridized carbons (Fsp3) is 0.412. The molecular weight excluding hydrogens is 312 g/mol. The van der Waals surface area contributed by atoms with Crippen LogP contribution < -0.4 is 4.90 Å². The van der Waals surface area contributed by atoms with E-state index in [0.717, 1.165) is 24.5 Å². The van der Waals surface area contributed by atoms with Crippen molar-refractivity contribution >= 4 is 23.0 Å². The lowest BCUT2D eigenvalue weighted by Gasteiger charge is -2.18. The van der Waals surface area contributed by atoms with E-state index < -0.39 is 0 Å². The Hall–Kier alpha value is -1.92. The Balaban J connectivity index is 1.48. The highest BCUT2D eigenvalue weighted by atomic mass is 32.1. The number of carbonyl (C=O) groups is 1. The Morgan fingerprint density at radius 3 is 3.00 bits per heavy atom. The largest absolute Gasteiger partial charge is 0.461 e. The Morgan fingerprint density at radius 1 is 1.39 bits per heavy atom. The van der Waals surface area contributed by atoms with E-state index in [0.29, 0.717) is 24.8 Å². The zero-order valence-corrected chi connectivity index (χ0v) is 13.9. The predicted molar refractivity (Wildman–Crippen MR) is 89.9 cm³/mol. The first-order valence-corrected chi connectivity index (χ1v) is 8.54. The van der Waals surface area contributed by atoms with Crippen LogP contribution in [0, 0.1) is 5.92 Å².